The highest BCUT2D eigenvalue weighted by atomic mass is 16.3. The maximum atomic E-state index is 13.3. The summed E-state index contributed by atoms with van der Waals surface area (Å²) in [6.07, 6.45) is 5.54. The summed E-state index contributed by atoms with van der Waals surface area (Å²) in [5, 5.41) is 41.5. The minimum Gasteiger partial charge on any atom is -0.508 e. The number of aromatic hydroxyl groups is 4. The third-order valence-electron chi connectivity index (χ3n) is 5.08. The average Bonchev–Trinajstić information content (AvgIpc) is 2.67. The molecule has 3 aromatic rings. The van der Waals surface area contributed by atoms with E-state index in [2.05, 4.69) is 0 Å². The van der Waals surface area contributed by atoms with Crippen LogP contribution < -0.4 is 5.43 Å². The number of phenolic OH excluding ortho intramolecular Hbond substituents is 4. The van der Waals surface area contributed by atoms with Crippen LogP contribution in [0.1, 0.15) is 38.8 Å². The van der Waals surface area contributed by atoms with Gasteiger partial charge in [0.2, 0.25) is 5.43 Å². The molecule has 31 heavy (non-hydrogen) atoms. The molecule has 162 valence electrons. The molecule has 0 aliphatic heterocycles. The molecule has 0 aliphatic rings. The van der Waals surface area contributed by atoms with Crippen LogP contribution in [0, 0.1) is 0 Å². The number of rotatable bonds is 5. The zero-order valence-electron chi connectivity index (χ0n) is 18.0. The molecule has 0 aliphatic carbocycles. The Hall–Kier alpha value is -3.67. The van der Waals surface area contributed by atoms with Gasteiger partial charge in [-0.25, -0.2) is 0 Å². The average molecular weight is 422 g/mol. The van der Waals surface area contributed by atoms with Crippen LogP contribution in [-0.4, -0.2) is 20.4 Å². The lowest BCUT2D eigenvalue weighted by Crippen LogP contribution is -2.07. The Morgan fingerprint density at radius 3 is 2.06 bits per heavy atom. The molecule has 0 bridgehead atoms. The largest absolute Gasteiger partial charge is 0.508 e. The van der Waals surface area contributed by atoms with E-state index < -0.39 is 11.2 Å². The Labute approximate surface area is 180 Å². The van der Waals surface area contributed by atoms with Crippen LogP contribution in [0.2, 0.25) is 0 Å². The predicted molar refractivity (Wildman–Crippen MR) is 121 cm³/mol. The molecule has 0 spiro atoms. The molecule has 6 heteroatoms. The standard InChI is InChI=1S/C25H26O6/c1-13(2)5-7-16-19(26)10-9-15(23(16)29)18-12-31-25-17(8-6-14(3)4)20(27)11-21(28)22(25)24(18)30/h5-6,9-12,26-29H,7-8H2,1-4H3. The van der Waals surface area contributed by atoms with Crippen LogP contribution >= 0.6 is 0 Å². The van der Waals surface area contributed by atoms with E-state index in [4.69, 9.17) is 4.42 Å². The maximum absolute atomic E-state index is 13.3. The van der Waals surface area contributed by atoms with Gasteiger partial charge in [0.05, 0.1) is 5.56 Å². The van der Waals surface area contributed by atoms with E-state index in [1.165, 1.54) is 18.4 Å². The second-order valence-corrected chi connectivity index (χ2v) is 8.01. The summed E-state index contributed by atoms with van der Waals surface area (Å²) in [7, 11) is 0. The van der Waals surface area contributed by atoms with Crippen molar-refractivity contribution in [1.82, 2.24) is 0 Å². The third kappa shape index (κ3) is 4.28. The molecule has 0 atom stereocenters. The molecule has 0 unspecified atom stereocenters. The molecule has 1 aromatic heterocycles. The predicted octanol–water partition coefficient (Wildman–Crippen LogP) is 5.30. The van der Waals surface area contributed by atoms with Gasteiger partial charge in [-0.15, -0.1) is 0 Å². The highest BCUT2D eigenvalue weighted by molar-refractivity contribution is 5.91. The fraction of sp³-hybridized carbons (Fsp3) is 0.240. The molecule has 4 N–H and O–H groups in total. The first kappa shape index (κ1) is 22.0. The van der Waals surface area contributed by atoms with Crippen molar-refractivity contribution in [3.63, 3.8) is 0 Å². The molecule has 6 nitrogen and oxygen atoms in total. The number of phenols is 4. The second-order valence-electron chi connectivity index (χ2n) is 8.01. The summed E-state index contributed by atoms with van der Waals surface area (Å²) in [5.41, 5.74) is 2.48. The van der Waals surface area contributed by atoms with E-state index >= 15 is 0 Å². The fourth-order valence-electron chi connectivity index (χ4n) is 3.37. The zero-order chi connectivity index (χ0) is 22.9. The summed E-state index contributed by atoms with van der Waals surface area (Å²) >= 11 is 0. The molecule has 3 rings (SSSR count). The first-order valence-electron chi connectivity index (χ1n) is 9.92. The number of allylic oxidation sites excluding steroid dienone is 4. The summed E-state index contributed by atoms with van der Waals surface area (Å²) in [4.78, 5) is 13.3. The molecule has 0 amide bonds. The van der Waals surface area contributed by atoms with Crippen molar-refractivity contribution in [2.75, 3.05) is 0 Å². The lowest BCUT2D eigenvalue weighted by molar-refractivity contribution is 0.441. The van der Waals surface area contributed by atoms with E-state index in [1.54, 1.807) is 0 Å². The topological polar surface area (TPSA) is 111 Å². The first-order valence-corrected chi connectivity index (χ1v) is 9.92. The normalized spacial score (nSPS) is 10.8. The molecule has 0 saturated carbocycles. The van der Waals surface area contributed by atoms with Gasteiger partial charge in [0.1, 0.15) is 40.2 Å². The molecule has 0 saturated heterocycles. The van der Waals surface area contributed by atoms with E-state index in [9.17, 15) is 25.2 Å². The number of hydrogen-bond donors (Lipinski definition) is 4. The zero-order valence-corrected chi connectivity index (χ0v) is 18.0. The van der Waals surface area contributed by atoms with Crippen LogP contribution in [-0.2, 0) is 12.8 Å². The summed E-state index contributed by atoms with van der Waals surface area (Å²) in [5.74, 6) is -0.894. The highest BCUT2D eigenvalue weighted by Crippen LogP contribution is 2.39. The number of fused-ring (bicyclic) bond motifs is 1. The fourth-order valence-corrected chi connectivity index (χ4v) is 3.37. The smallest absolute Gasteiger partial charge is 0.204 e. The van der Waals surface area contributed by atoms with E-state index in [1.807, 2.05) is 39.8 Å². The molecule has 1 heterocycles. The van der Waals surface area contributed by atoms with E-state index in [-0.39, 0.29) is 44.9 Å². The van der Waals surface area contributed by atoms with Gasteiger partial charge in [0.15, 0.2) is 0 Å². The third-order valence-corrected chi connectivity index (χ3v) is 5.08. The SMILES string of the molecule is CC(C)=CCc1c(O)ccc(-c2coc3c(CC=C(C)C)c(O)cc(O)c3c2=O)c1O. The van der Waals surface area contributed by atoms with Crippen LogP contribution in [0.3, 0.4) is 0 Å². The minimum atomic E-state index is -0.550. The second kappa shape index (κ2) is 8.60. The van der Waals surface area contributed by atoms with Gasteiger partial charge in [-0.05, 0) is 52.7 Å². The van der Waals surface area contributed by atoms with Crippen LogP contribution in [0.25, 0.3) is 22.1 Å². The van der Waals surface area contributed by atoms with Crippen LogP contribution in [0.15, 0.2) is 57.0 Å². The van der Waals surface area contributed by atoms with Gasteiger partial charge >= 0.3 is 0 Å². The summed E-state index contributed by atoms with van der Waals surface area (Å²) < 4.78 is 5.69. The Morgan fingerprint density at radius 2 is 1.45 bits per heavy atom. The van der Waals surface area contributed by atoms with Gasteiger partial charge in [0.25, 0.3) is 0 Å². The van der Waals surface area contributed by atoms with Crippen molar-refractivity contribution in [2.45, 2.75) is 40.5 Å². The highest BCUT2D eigenvalue weighted by Gasteiger charge is 2.21. The number of benzene rings is 2. The minimum absolute atomic E-state index is 0.0394. The van der Waals surface area contributed by atoms with Gasteiger partial charge in [-0.2, -0.15) is 0 Å². The van der Waals surface area contributed by atoms with Crippen LogP contribution in [0.5, 0.6) is 23.0 Å². The van der Waals surface area contributed by atoms with Gasteiger partial charge in [0, 0.05) is 22.8 Å². The molecular formula is C25H26O6. The van der Waals surface area contributed by atoms with Crippen LogP contribution in [0.4, 0.5) is 0 Å². The van der Waals surface area contributed by atoms with Crippen molar-refractivity contribution in [3.05, 3.63) is 69.1 Å². The summed E-state index contributed by atoms with van der Waals surface area (Å²) in [6, 6.07) is 3.95. The Balaban J connectivity index is 2.25. The molecule has 0 radical (unpaired) electrons. The van der Waals surface area contributed by atoms with Gasteiger partial charge < -0.3 is 24.8 Å². The van der Waals surface area contributed by atoms with Gasteiger partial charge in [-0.3, -0.25) is 4.79 Å². The van der Waals surface area contributed by atoms with Crippen molar-refractivity contribution in [3.8, 4) is 34.1 Å². The Kier molecular flexibility index (Phi) is 6.11. The number of hydrogen-bond acceptors (Lipinski definition) is 6. The van der Waals surface area contributed by atoms with Crippen molar-refractivity contribution in [1.29, 1.82) is 0 Å². The first-order chi connectivity index (χ1) is 14.6. The Bertz CT molecular complexity index is 1270. The monoisotopic (exact) mass is 422 g/mol. The maximum Gasteiger partial charge on any atom is 0.204 e. The Morgan fingerprint density at radius 1 is 0.839 bits per heavy atom. The van der Waals surface area contributed by atoms with E-state index in [0.29, 0.717) is 18.4 Å². The van der Waals surface area contributed by atoms with Crippen molar-refractivity contribution >= 4 is 11.0 Å². The molecule has 0 fully saturated rings. The van der Waals surface area contributed by atoms with Gasteiger partial charge in [-0.1, -0.05) is 23.3 Å². The van der Waals surface area contributed by atoms with Crippen molar-refractivity contribution in [2.24, 2.45) is 0 Å². The van der Waals surface area contributed by atoms with E-state index in [0.717, 1.165) is 17.2 Å². The quantitative estimate of drug-likeness (QED) is 0.415. The lowest BCUT2D eigenvalue weighted by Gasteiger charge is -2.13. The summed E-state index contributed by atoms with van der Waals surface area (Å²) in [6.45, 7) is 7.63. The molecule has 2 aromatic carbocycles. The molecular weight excluding hydrogens is 396 g/mol. The lowest BCUT2D eigenvalue weighted by atomic mass is 9.97. The van der Waals surface area contributed by atoms with Crippen molar-refractivity contribution < 1.29 is 24.8 Å².